The van der Waals surface area contributed by atoms with Crippen LogP contribution < -0.4 is 0 Å². The van der Waals surface area contributed by atoms with Gasteiger partial charge in [0.25, 0.3) is 0 Å². The minimum absolute atomic E-state index is 0.0289. The molecule has 2 aromatic carbocycles. The summed E-state index contributed by atoms with van der Waals surface area (Å²) >= 11 is 0. The van der Waals surface area contributed by atoms with Crippen molar-refractivity contribution in [3.05, 3.63) is 48.0 Å². The minimum Gasteiger partial charge on any atom is -0.294 e. The Bertz CT molecular complexity index is 717. The maximum atomic E-state index is 13.5. The lowest BCUT2D eigenvalue weighted by Gasteiger charge is -2.56. The summed E-state index contributed by atoms with van der Waals surface area (Å²) in [5, 5.41) is 2.34. The van der Waals surface area contributed by atoms with Gasteiger partial charge in [0.1, 0.15) is 0 Å². The molecule has 4 aliphatic carbocycles. The summed E-state index contributed by atoms with van der Waals surface area (Å²) in [6.45, 7) is 0. The Kier molecular flexibility index (Phi) is 2.60. The van der Waals surface area contributed by atoms with E-state index < -0.39 is 0 Å². The molecular formula is C21H22O. The van der Waals surface area contributed by atoms with E-state index in [0.29, 0.717) is 5.78 Å². The van der Waals surface area contributed by atoms with Crippen molar-refractivity contribution in [2.75, 3.05) is 0 Å². The Morgan fingerprint density at radius 2 is 1.41 bits per heavy atom. The topological polar surface area (TPSA) is 17.1 Å². The zero-order valence-electron chi connectivity index (χ0n) is 12.9. The molecule has 0 N–H and O–H groups in total. The summed E-state index contributed by atoms with van der Waals surface area (Å²) in [5.74, 6) is 2.92. The fourth-order valence-electron chi connectivity index (χ4n) is 6.10. The van der Waals surface area contributed by atoms with Gasteiger partial charge in [-0.1, -0.05) is 42.5 Å². The molecule has 4 aliphatic rings. The van der Waals surface area contributed by atoms with Crippen LogP contribution in [-0.2, 0) is 0 Å². The normalized spacial score (nSPS) is 35.9. The van der Waals surface area contributed by atoms with Gasteiger partial charge in [0, 0.05) is 11.0 Å². The highest BCUT2D eigenvalue weighted by Gasteiger charge is 2.54. The third kappa shape index (κ3) is 1.74. The molecule has 4 saturated carbocycles. The van der Waals surface area contributed by atoms with E-state index in [1.165, 1.54) is 24.6 Å². The monoisotopic (exact) mass is 290 g/mol. The van der Waals surface area contributed by atoms with E-state index in [2.05, 4.69) is 42.5 Å². The van der Waals surface area contributed by atoms with Crippen LogP contribution >= 0.6 is 0 Å². The Morgan fingerprint density at radius 1 is 0.818 bits per heavy atom. The SMILES string of the molecule is O=C(c1cccc2ccccc12)C12CC3CC(CC(C3)C1)C2. The molecule has 0 radical (unpaired) electrons. The molecule has 0 amide bonds. The quantitative estimate of drug-likeness (QED) is 0.691. The van der Waals surface area contributed by atoms with E-state index in [1.807, 2.05) is 0 Å². The smallest absolute Gasteiger partial charge is 0.169 e. The fourth-order valence-corrected chi connectivity index (χ4v) is 6.10. The maximum absolute atomic E-state index is 13.5. The van der Waals surface area contributed by atoms with E-state index in [-0.39, 0.29) is 5.41 Å². The van der Waals surface area contributed by atoms with E-state index in [0.717, 1.165) is 48.0 Å². The highest BCUT2D eigenvalue weighted by Crippen LogP contribution is 2.61. The van der Waals surface area contributed by atoms with Crippen LogP contribution in [0.1, 0.15) is 48.9 Å². The molecule has 0 atom stereocenters. The second-order valence-corrected chi connectivity index (χ2v) is 8.05. The second kappa shape index (κ2) is 4.44. The van der Waals surface area contributed by atoms with Crippen molar-refractivity contribution in [1.82, 2.24) is 0 Å². The molecule has 112 valence electrons. The molecule has 0 spiro atoms. The van der Waals surface area contributed by atoms with Crippen LogP contribution in [0.3, 0.4) is 0 Å². The first kappa shape index (κ1) is 12.9. The number of hydrogen-bond donors (Lipinski definition) is 0. The zero-order chi connectivity index (χ0) is 14.7. The van der Waals surface area contributed by atoms with Crippen molar-refractivity contribution >= 4 is 16.6 Å². The Labute approximate surface area is 131 Å². The lowest BCUT2D eigenvalue weighted by molar-refractivity contribution is -0.0352. The Balaban J connectivity index is 1.61. The molecule has 1 heteroatoms. The molecule has 4 bridgehead atoms. The maximum Gasteiger partial charge on any atom is 0.169 e. The largest absolute Gasteiger partial charge is 0.294 e. The number of Topliss-reactive ketones (excluding diaryl/α,β-unsaturated/α-hetero) is 1. The minimum atomic E-state index is -0.0289. The van der Waals surface area contributed by atoms with Gasteiger partial charge in [-0.05, 0) is 67.1 Å². The van der Waals surface area contributed by atoms with Gasteiger partial charge in [0.15, 0.2) is 5.78 Å². The first-order valence-corrected chi connectivity index (χ1v) is 8.76. The van der Waals surface area contributed by atoms with Gasteiger partial charge in [-0.3, -0.25) is 4.79 Å². The molecule has 1 nitrogen and oxygen atoms in total. The highest BCUT2D eigenvalue weighted by atomic mass is 16.1. The van der Waals surface area contributed by atoms with Crippen molar-refractivity contribution in [1.29, 1.82) is 0 Å². The second-order valence-electron chi connectivity index (χ2n) is 8.05. The molecule has 0 saturated heterocycles. The van der Waals surface area contributed by atoms with Gasteiger partial charge in [-0.15, -0.1) is 0 Å². The summed E-state index contributed by atoms with van der Waals surface area (Å²) in [6, 6.07) is 14.6. The Morgan fingerprint density at radius 3 is 2.09 bits per heavy atom. The van der Waals surface area contributed by atoms with Gasteiger partial charge in [-0.2, -0.15) is 0 Å². The van der Waals surface area contributed by atoms with Gasteiger partial charge in [-0.25, -0.2) is 0 Å². The third-order valence-electron chi connectivity index (χ3n) is 6.55. The predicted octanol–water partition coefficient (Wildman–Crippen LogP) is 5.24. The van der Waals surface area contributed by atoms with E-state index in [9.17, 15) is 4.79 Å². The fraction of sp³-hybridized carbons (Fsp3) is 0.476. The van der Waals surface area contributed by atoms with Crippen LogP contribution in [0.15, 0.2) is 42.5 Å². The van der Waals surface area contributed by atoms with E-state index in [1.54, 1.807) is 0 Å². The average molecular weight is 290 g/mol. The van der Waals surface area contributed by atoms with Gasteiger partial charge >= 0.3 is 0 Å². The van der Waals surface area contributed by atoms with E-state index in [4.69, 9.17) is 0 Å². The van der Waals surface area contributed by atoms with Gasteiger partial charge < -0.3 is 0 Å². The lowest BCUT2D eigenvalue weighted by atomic mass is 9.48. The zero-order valence-corrected chi connectivity index (χ0v) is 12.9. The average Bonchev–Trinajstić information content (AvgIpc) is 2.52. The molecule has 0 aromatic heterocycles. The van der Waals surface area contributed by atoms with Crippen molar-refractivity contribution in [2.24, 2.45) is 23.2 Å². The summed E-state index contributed by atoms with van der Waals surface area (Å²) in [4.78, 5) is 13.5. The number of benzene rings is 2. The number of ketones is 1. The molecule has 22 heavy (non-hydrogen) atoms. The van der Waals surface area contributed by atoms with Crippen LogP contribution in [0, 0.1) is 23.2 Å². The molecule has 0 aliphatic heterocycles. The van der Waals surface area contributed by atoms with Gasteiger partial charge in [0.05, 0.1) is 0 Å². The molecular weight excluding hydrogens is 268 g/mol. The van der Waals surface area contributed by atoms with Crippen LogP contribution in [0.5, 0.6) is 0 Å². The summed E-state index contributed by atoms with van der Waals surface area (Å²) in [6.07, 6.45) is 7.63. The third-order valence-corrected chi connectivity index (χ3v) is 6.55. The highest BCUT2D eigenvalue weighted by molar-refractivity contribution is 6.10. The van der Waals surface area contributed by atoms with E-state index >= 15 is 0 Å². The number of rotatable bonds is 2. The van der Waals surface area contributed by atoms with Crippen LogP contribution in [0.25, 0.3) is 10.8 Å². The van der Waals surface area contributed by atoms with Crippen LogP contribution in [0.2, 0.25) is 0 Å². The standard InChI is InChI=1S/C21H22O/c22-20(19-7-3-5-17-4-1-2-6-18(17)19)21-11-14-8-15(12-21)10-16(9-14)13-21/h1-7,14-16H,8-13H2. The number of carbonyl (C=O) groups is 1. The molecule has 2 aromatic rings. The first-order valence-electron chi connectivity index (χ1n) is 8.76. The molecule has 4 fully saturated rings. The molecule has 0 heterocycles. The van der Waals surface area contributed by atoms with Crippen molar-refractivity contribution in [3.63, 3.8) is 0 Å². The van der Waals surface area contributed by atoms with Gasteiger partial charge in [0.2, 0.25) is 0 Å². The van der Waals surface area contributed by atoms with Crippen molar-refractivity contribution < 1.29 is 4.79 Å². The first-order chi connectivity index (χ1) is 10.7. The number of carbonyl (C=O) groups excluding carboxylic acids is 1. The summed E-state index contributed by atoms with van der Waals surface area (Å²) in [5.41, 5.74) is 0.943. The predicted molar refractivity (Wildman–Crippen MR) is 88.9 cm³/mol. The van der Waals surface area contributed by atoms with Crippen molar-refractivity contribution in [2.45, 2.75) is 38.5 Å². The van der Waals surface area contributed by atoms with Crippen LogP contribution in [0.4, 0.5) is 0 Å². The van der Waals surface area contributed by atoms with Crippen molar-refractivity contribution in [3.8, 4) is 0 Å². The molecule has 6 rings (SSSR count). The lowest BCUT2D eigenvalue weighted by Crippen LogP contribution is -2.50. The Hall–Kier alpha value is -1.63. The van der Waals surface area contributed by atoms with Crippen LogP contribution in [-0.4, -0.2) is 5.78 Å². The molecule has 0 unspecified atom stereocenters. The number of hydrogen-bond acceptors (Lipinski definition) is 1. The number of fused-ring (bicyclic) bond motifs is 1. The summed E-state index contributed by atoms with van der Waals surface area (Å²) in [7, 11) is 0. The summed E-state index contributed by atoms with van der Waals surface area (Å²) < 4.78 is 0.